The van der Waals surface area contributed by atoms with Crippen molar-refractivity contribution in [1.29, 1.82) is 0 Å². The summed E-state index contributed by atoms with van der Waals surface area (Å²) in [6.07, 6.45) is 1.07. The van der Waals surface area contributed by atoms with Gasteiger partial charge >= 0.3 is 0 Å². The minimum Gasteiger partial charge on any atom is -0.381 e. The van der Waals surface area contributed by atoms with Gasteiger partial charge in [0.15, 0.2) is 0 Å². The molecule has 2 amide bonds. The average Bonchev–Trinajstić information content (AvgIpc) is 3.02. The molecular formula is C19H23N3O3. The molecule has 0 saturated carbocycles. The molecule has 2 heterocycles. The van der Waals surface area contributed by atoms with Crippen molar-refractivity contribution >= 4 is 11.8 Å². The van der Waals surface area contributed by atoms with Crippen LogP contribution in [-0.4, -0.2) is 36.1 Å². The second-order valence-corrected chi connectivity index (χ2v) is 6.47. The fourth-order valence-corrected chi connectivity index (χ4v) is 3.25. The van der Waals surface area contributed by atoms with Gasteiger partial charge < -0.3 is 20.4 Å². The van der Waals surface area contributed by atoms with E-state index in [2.05, 4.69) is 5.32 Å². The predicted molar refractivity (Wildman–Crippen MR) is 94.9 cm³/mol. The number of benzene rings is 1. The molecule has 0 radical (unpaired) electrons. The summed E-state index contributed by atoms with van der Waals surface area (Å²) in [6, 6.07) is 13.6. The summed E-state index contributed by atoms with van der Waals surface area (Å²) in [6.45, 7) is 1.21. The summed E-state index contributed by atoms with van der Waals surface area (Å²) in [4.78, 5) is 24.5. The van der Waals surface area contributed by atoms with E-state index in [9.17, 15) is 9.59 Å². The molecule has 3 rings (SSSR count). The molecule has 6 nitrogen and oxygen atoms in total. The number of aromatic nitrogens is 1. The quantitative estimate of drug-likeness (QED) is 0.868. The van der Waals surface area contributed by atoms with Gasteiger partial charge in [0.2, 0.25) is 5.91 Å². The molecule has 1 aromatic heterocycles. The Bertz CT molecular complexity index is 761. The minimum absolute atomic E-state index is 0.211. The Morgan fingerprint density at radius 3 is 2.48 bits per heavy atom. The lowest BCUT2D eigenvalue weighted by molar-refractivity contribution is -0.132. The molecule has 0 unspecified atom stereocenters. The van der Waals surface area contributed by atoms with Crippen molar-refractivity contribution < 1.29 is 14.3 Å². The van der Waals surface area contributed by atoms with E-state index in [0.29, 0.717) is 31.7 Å². The molecule has 0 aliphatic carbocycles. The molecule has 0 spiro atoms. The van der Waals surface area contributed by atoms with Gasteiger partial charge in [0.05, 0.1) is 5.41 Å². The molecule has 1 aliphatic rings. The predicted octanol–water partition coefficient (Wildman–Crippen LogP) is 1.70. The van der Waals surface area contributed by atoms with E-state index in [1.54, 1.807) is 6.07 Å². The van der Waals surface area contributed by atoms with E-state index >= 15 is 0 Å². The molecule has 1 fully saturated rings. The molecule has 1 saturated heterocycles. The minimum atomic E-state index is -0.721. The normalized spacial score (nSPS) is 16.4. The highest BCUT2D eigenvalue weighted by molar-refractivity contribution is 5.94. The standard InChI is InChI=1S/C19H23N3O3/c1-22-15(14-5-3-2-4-6-14)7-8-16(22)17(23)21-13-19(18(20)24)9-11-25-12-10-19/h2-8H,9-13H2,1H3,(H2,20,24)(H,21,23). The number of carbonyl (C=O) groups excluding carboxylic acids is 2. The van der Waals surface area contributed by atoms with Crippen LogP contribution in [-0.2, 0) is 16.6 Å². The van der Waals surface area contributed by atoms with Crippen molar-refractivity contribution in [3.8, 4) is 11.3 Å². The van der Waals surface area contributed by atoms with Crippen molar-refractivity contribution in [2.75, 3.05) is 19.8 Å². The van der Waals surface area contributed by atoms with E-state index in [4.69, 9.17) is 10.5 Å². The van der Waals surface area contributed by atoms with Crippen LogP contribution >= 0.6 is 0 Å². The van der Waals surface area contributed by atoms with Crippen molar-refractivity contribution in [3.63, 3.8) is 0 Å². The summed E-state index contributed by atoms with van der Waals surface area (Å²) < 4.78 is 7.17. The number of nitrogens with two attached hydrogens (primary N) is 1. The highest BCUT2D eigenvalue weighted by Gasteiger charge is 2.38. The first-order chi connectivity index (χ1) is 12.0. The molecule has 6 heteroatoms. The highest BCUT2D eigenvalue weighted by Crippen LogP contribution is 2.29. The SMILES string of the molecule is Cn1c(C(=O)NCC2(C(N)=O)CCOCC2)ccc1-c1ccccc1. The summed E-state index contributed by atoms with van der Waals surface area (Å²) in [7, 11) is 1.86. The fourth-order valence-electron chi connectivity index (χ4n) is 3.25. The highest BCUT2D eigenvalue weighted by atomic mass is 16.5. The Morgan fingerprint density at radius 2 is 1.84 bits per heavy atom. The number of carbonyl (C=O) groups is 2. The number of primary amides is 1. The van der Waals surface area contributed by atoms with Gasteiger partial charge in [0, 0.05) is 32.5 Å². The second kappa shape index (κ2) is 7.11. The van der Waals surface area contributed by atoms with Crippen LogP contribution < -0.4 is 11.1 Å². The van der Waals surface area contributed by atoms with Gasteiger partial charge in [0.25, 0.3) is 5.91 Å². The molecule has 1 aliphatic heterocycles. The second-order valence-electron chi connectivity index (χ2n) is 6.47. The van der Waals surface area contributed by atoms with Crippen molar-refractivity contribution in [2.24, 2.45) is 18.2 Å². The van der Waals surface area contributed by atoms with E-state index in [-0.39, 0.29) is 18.4 Å². The summed E-state index contributed by atoms with van der Waals surface area (Å²) in [5, 5.41) is 2.88. The molecule has 25 heavy (non-hydrogen) atoms. The monoisotopic (exact) mass is 341 g/mol. The Labute approximate surface area is 147 Å². The van der Waals surface area contributed by atoms with Gasteiger partial charge in [-0.3, -0.25) is 9.59 Å². The number of rotatable bonds is 5. The number of amides is 2. The van der Waals surface area contributed by atoms with Crippen molar-refractivity contribution in [2.45, 2.75) is 12.8 Å². The smallest absolute Gasteiger partial charge is 0.267 e. The lowest BCUT2D eigenvalue weighted by Gasteiger charge is -2.34. The lowest BCUT2D eigenvalue weighted by atomic mass is 9.79. The summed E-state index contributed by atoms with van der Waals surface area (Å²) in [5.41, 5.74) is 7.42. The summed E-state index contributed by atoms with van der Waals surface area (Å²) in [5.74, 6) is -0.593. The molecule has 2 aromatic rings. The number of nitrogens with zero attached hydrogens (tertiary/aromatic N) is 1. The van der Waals surface area contributed by atoms with Crippen molar-refractivity contribution in [1.82, 2.24) is 9.88 Å². The van der Waals surface area contributed by atoms with Gasteiger partial charge in [0.1, 0.15) is 5.69 Å². The largest absolute Gasteiger partial charge is 0.381 e. The maximum absolute atomic E-state index is 12.6. The van der Waals surface area contributed by atoms with E-state index in [1.165, 1.54) is 0 Å². The van der Waals surface area contributed by atoms with Gasteiger partial charge in [-0.25, -0.2) is 0 Å². The first-order valence-electron chi connectivity index (χ1n) is 8.40. The Morgan fingerprint density at radius 1 is 1.16 bits per heavy atom. The Kier molecular flexibility index (Phi) is 4.90. The van der Waals surface area contributed by atoms with E-state index in [0.717, 1.165) is 11.3 Å². The number of ether oxygens (including phenoxy) is 1. The lowest BCUT2D eigenvalue weighted by Crippen LogP contribution is -2.49. The van der Waals surface area contributed by atoms with Crippen LogP contribution in [0.1, 0.15) is 23.3 Å². The van der Waals surface area contributed by atoms with Crippen LogP contribution in [0.2, 0.25) is 0 Å². The number of hydrogen-bond donors (Lipinski definition) is 2. The van der Waals surface area contributed by atoms with E-state index in [1.807, 2.05) is 48.0 Å². The zero-order chi connectivity index (χ0) is 17.9. The first-order valence-corrected chi connectivity index (χ1v) is 8.40. The zero-order valence-electron chi connectivity index (χ0n) is 14.3. The molecule has 3 N–H and O–H groups in total. The van der Waals surface area contributed by atoms with E-state index < -0.39 is 5.41 Å². The number of nitrogens with one attached hydrogen (secondary N) is 1. The van der Waals surface area contributed by atoms with Crippen LogP contribution in [0.5, 0.6) is 0 Å². The van der Waals surface area contributed by atoms with Gasteiger partial charge in [-0.1, -0.05) is 30.3 Å². The third-order valence-electron chi connectivity index (χ3n) is 4.98. The third kappa shape index (κ3) is 3.44. The van der Waals surface area contributed by atoms with Crippen LogP contribution in [0.25, 0.3) is 11.3 Å². The van der Waals surface area contributed by atoms with Crippen LogP contribution in [0.15, 0.2) is 42.5 Å². The zero-order valence-corrected chi connectivity index (χ0v) is 14.3. The molecule has 1 aromatic carbocycles. The summed E-state index contributed by atoms with van der Waals surface area (Å²) >= 11 is 0. The third-order valence-corrected chi connectivity index (χ3v) is 4.98. The molecule has 0 atom stereocenters. The van der Waals surface area contributed by atoms with Crippen LogP contribution in [0.3, 0.4) is 0 Å². The topological polar surface area (TPSA) is 86.4 Å². The maximum atomic E-state index is 12.6. The Balaban J connectivity index is 1.74. The van der Waals surface area contributed by atoms with Gasteiger partial charge in [-0.15, -0.1) is 0 Å². The average molecular weight is 341 g/mol. The first kappa shape index (κ1) is 17.2. The van der Waals surface area contributed by atoms with Gasteiger partial charge in [-0.2, -0.15) is 0 Å². The molecular weight excluding hydrogens is 318 g/mol. The van der Waals surface area contributed by atoms with Gasteiger partial charge in [-0.05, 0) is 30.5 Å². The maximum Gasteiger partial charge on any atom is 0.267 e. The van der Waals surface area contributed by atoms with Crippen LogP contribution in [0, 0.1) is 5.41 Å². The Hall–Kier alpha value is -2.60. The number of hydrogen-bond acceptors (Lipinski definition) is 3. The molecule has 0 bridgehead atoms. The fraction of sp³-hybridized carbons (Fsp3) is 0.368. The van der Waals surface area contributed by atoms with Crippen LogP contribution in [0.4, 0.5) is 0 Å². The van der Waals surface area contributed by atoms with Crippen molar-refractivity contribution in [3.05, 3.63) is 48.2 Å². The molecule has 132 valence electrons.